The van der Waals surface area contributed by atoms with Gasteiger partial charge in [-0.2, -0.15) is 0 Å². The molecule has 0 amide bonds. The predicted molar refractivity (Wildman–Crippen MR) is 60.9 cm³/mol. The maximum absolute atomic E-state index is 10.4. The van der Waals surface area contributed by atoms with Crippen LogP contribution in [0.2, 0.25) is 0 Å². The van der Waals surface area contributed by atoms with Gasteiger partial charge in [-0.05, 0) is 10.3 Å². The summed E-state index contributed by atoms with van der Waals surface area (Å²) in [6.07, 6.45) is 0. The van der Waals surface area contributed by atoms with E-state index in [1.807, 2.05) is 0 Å². The zero-order valence-electron chi connectivity index (χ0n) is 10.3. The van der Waals surface area contributed by atoms with Crippen LogP contribution in [-0.4, -0.2) is 41.0 Å². The molecule has 17 nitrogen and oxygen atoms in total. The molecule has 0 aliphatic carbocycles. The van der Waals surface area contributed by atoms with Crippen molar-refractivity contribution in [2.24, 2.45) is 0 Å². The van der Waals surface area contributed by atoms with Crippen LogP contribution in [0.3, 0.4) is 0 Å². The zero-order chi connectivity index (χ0) is 16.4. The van der Waals surface area contributed by atoms with Crippen LogP contribution in [0.15, 0.2) is 13.9 Å². The topological polar surface area (TPSA) is 231 Å². The monoisotopic (exact) mass is 324 g/mol. The van der Waals surface area contributed by atoms with Crippen molar-refractivity contribution in [2.75, 3.05) is 0 Å². The van der Waals surface area contributed by atoms with Gasteiger partial charge in [-0.25, -0.2) is 4.63 Å². The second-order valence-electron chi connectivity index (χ2n) is 3.51. The fourth-order valence-corrected chi connectivity index (χ4v) is 1.45. The Morgan fingerprint density at radius 1 is 0.652 bits per heavy atom. The molecule has 3 rings (SSSR count). The Morgan fingerprint density at radius 2 is 1.00 bits per heavy atom. The molecule has 3 aromatic rings. The van der Waals surface area contributed by atoms with E-state index in [0.29, 0.717) is 0 Å². The van der Waals surface area contributed by atoms with Crippen LogP contribution < -0.4 is 0 Å². The molecular formula is C6N10O7-2. The molecule has 0 fully saturated rings. The SMILES string of the molecule is O=[N+]([O-])[N-]c1nonc1-c1nonc1-c1nonc1[N-][N+](=O)[O-]. The average Bonchev–Trinajstić information content (AvgIpc) is 3.15. The van der Waals surface area contributed by atoms with Crippen molar-refractivity contribution in [1.29, 1.82) is 0 Å². The van der Waals surface area contributed by atoms with Gasteiger partial charge in [-0.1, -0.05) is 10.3 Å². The van der Waals surface area contributed by atoms with Crippen LogP contribution >= 0.6 is 0 Å². The second-order valence-corrected chi connectivity index (χ2v) is 3.51. The van der Waals surface area contributed by atoms with E-state index >= 15 is 0 Å². The Labute approximate surface area is 121 Å². The number of nitrogens with zero attached hydrogens (tertiary/aromatic N) is 10. The molecule has 3 heterocycles. The van der Waals surface area contributed by atoms with Crippen molar-refractivity contribution in [2.45, 2.75) is 0 Å². The number of hydrogen-bond acceptors (Lipinski definition) is 13. The van der Waals surface area contributed by atoms with E-state index in [0.717, 1.165) is 0 Å². The van der Waals surface area contributed by atoms with E-state index in [1.54, 1.807) is 0 Å². The lowest BCUT2D eigenvalue weighted by Gasteiger charge is -2.01. The van der Waals surface area contributed by atoms with Gasteiger partial charge in [0.25, 0.3) is 0 Å². The molecule has 0 aliphatic rings. The third-order valence-corrected chi connectivity index (χ3v) is 2.23. The van der Waals surface area contributed by atoms with E-state index in [9.17, 15) is 20.2 Å². The number of nitro groups is 2. The maximum atomic E-state index is 10.4. The Morgan fingerprint density at radius 3 is 1.39 bits per heavy atom. The summed E-state index contributed by atoms with van der Waals surface area (Å²) in [6, 6.07) is 0. The van der Waals surface area contributed by atoms with Crippen LogP contribution in [0.4, 0.5) is 11.6 Å². The van der Waals surface area contributed by atoms with Crippen LogP contribution in [0, 0.1) is 20.2 Å². The van der Waals surface area contributed by atoms with Gasteiger partial charge < -0.3 is 9.26 Å². The molecule has 23 heavy (non-hydrogen) atoms. The van der Waals surface area contributed by atoms with Crippen LogP contribution in [0.25, 0.3) is 33.6 Å². The zero-order valence-corrected chi connectivity index (χ0v) is 10.3. The molecule has 0 atom stereocenters. The summed E-state index contributed by atoms with van der Waals surface area (Å²) in [5.41, 5.74) is 4.73. The highest BCUT2D eigenvalue weighted by Crippen LogP contribution is 2.37. The fourth-order valence-electron chi connectivity index (χ4n) is 1.45. The highest BCUT2D eigenvalue weighted by atomic mass is 16.7. The predicted octanol–water partition coefficient (Wildman–Crippen LogP) is 0.563. The Kier molecular flexibility index (Phi) is 3.18. The minimum Gasteiger partial charge on any atom is -0.348 e. The summed E-state index contributed by atoms with van der Waals surface area (Å²) in [5.74, 6) is -1.06. The summed E-state index contributed by atoms with van der Waals surface area (Å²) in [5, 5.41) is 38.8. The van der Waals surface area contributed by atoms with E-state index in [1.165, 1.54) is 0 Å². The van der Waals surface area contributed by atoms with Crippen molar-refractivity contribution in [3.8, 4) is 22.8 Å². The normalized spacial score (nSPS) is 10.4. The fraction of sp³-hybridized carbons (Fsp3) is 0. The molecule has 118 valence electrons. The number of aromatic nitrogens is 6. The standard InChI is InChI=1S/C6N10O7/c17-15(18)7-5-3(11-22-13-5)1-2(10-21-9-1)4-6(8-16(19)20)14-23-12-4/q-2. The third kappa shape index (κ3) is 2.55. The molecule has 0 bridgehead atoms. The maximum Gasteiger partial charge on any atom is 0.166 e. The third-order valence-electron chi connectivity index (χ3n) is 2.23. The first kappa shape index (κ1) is 13.8. The molecule has 0 aliphatic heterocycles. The van der Waals surface area contributed by atoms with E-state index in [4.69, 9.17) is 0 Å². The van der Waals surface area contributed by atoms with Crippen molar-refractivity contribution >= 4 is 11.6 Å². The van der Waals surface area contributed by atoms with Gasteiger partial charge in [0, 0.05) is 0 Å². The quantitative estimate of drug-likeness (QED) is 0.445. The lowest BCUT2D eigenvalue weighted by atomic mass is 10.2. The smallest absolute Gasteiger partial charge is 0.166 e. The van der Waals surface area contributed by atoms with Crippen molar-refractivity contribution in [1.82, 2.24) is 30.9 Å². The summed E-state index contributed by atoms with van der Waals surface area (Å²) < 4.78 is 13.1. The highest BCUT2D eigenvalue weighted by molar-refractivity contribution is 5.83. The first-order valence-corrected chi connectivity index (χ1v) is 5.26. The van der Waals surface area contributed by atoms with Gasteiger partial charge in [0.15, 0.2) is 11.4 Å². The molecule has 0 saturated carbocycles. The molecule has 0 unspecified atom stereocenters. The van der Waals surface area contributed by atoms with Gasteiger partial charge in [-0.3, -0.25) is 30.5 Å². The van der Waals surface area contributed by atoms with Crippen LogP contribution in [-0.2, 0) is 0 Å². The molecular weight excluding hydrogens is 324 g/mol. The van der Waals surface area contributed by atoms with Gasteiger partial charge in [0.1, 0.15) is 11.4 Å². The van der Waals surface area contributed by atoms with E-state index in [-0.39, 0.29) is 22.8 Å². The first-order chi connectivity index (χ1) is 11.1. The highest BCUT2D eigenvalue weighted by Gasteiger charge is 2.24. The van der Waals surface area contributed by atoms with Gasteiger partial charge >= 0.3 is 0 Å². The molecule has 0 aromatic carbocycles. The molecule has 0 N–H and O–H groups in total. The van der Waals surface area contributed by atoms with Crippen molar-refractivity contribution in [3.63, 3.8) is 0 Å². The van der Waals surface area contributed by atoms with Gasteiger partial charge in [-0.15, -0.1) is 10.9 Å². The van der Waals surface area contributed by atoms with Crippen LogP contribution in [0.1, 0.15) is 0 Å². The minimum absolute atomic E-state index is 0.248. The minimum atomic E-state index is -1.04. The Balaban J connectivity index is 2.04. The lowest BCUT2D eigenvalue weighted by molar-refractivity contribution is -0.419. The number of hydrogen-bond donors (Lipinski definition) is 0. The summed E-state index contributed by atoms with van der Waals surface area (Å²) in [4.78, 5) is 20.8. The van der Waals surface area contributed by atoms with E-state index < -0.39 is 21.7 Å². The molecule has 0 radical (unpaired) electrons. The average molecular weight is 324 g/mol. The van der Waals surface area contributed by atoms with Crippen molar-refractivity contribution < 1.29 is 24.0 Å². The second kappa shape index (κ2) is 5.31. The summed E-state index contributed by atoms with van der Waals surface area (Å²) >= 11 is 0. The van der Waals surface area contributed by atoms with Crippen LogP contribution in [0.5, 0.6) is 0 Å². The van der Waals surface area contributed by atoms with Gasteiger partial charge in [0.05, 0.1) is 21.7 Å². The molecule has 0 spiro atoms. The summed E-state index contributed by atoms with van der Waals surface area (Å²) in [6.45, 7) is 0. The molecule has 17 heteroatoms. The van der Waals surface area contributed by atoms with Crippen molar-refractivity contribution in [3.05, 3.63) is 31.1 Å². The molecule has 0 saturated heterocycles. The number of rotatable bonds is 6. The first-order valence-electron chi connectivity index (χ1n) is 5.26. The van der Waals surface area contributed by atoms with Gasteiger partial charge in [0.2, 0.25) is 0 Å². The Hall–Kier alpha value is -4.18. The Bertz CT molecular complexity index is 796. The molecule has 3 aromatic heterocycles. The largest absolute Gasteiger partial charge is 0.348 e. The summed E-state index contributed by atoms with van der Waals surface area (Å²) in [7, 11) is 0. The lowest BCUT2D eigenvalue weighted by Crippen LogP contribution is -1.92. The van der Waals surface area contributed by atoms with E-state index in [2.05, 4.69) is 55.7 Å².